The van der Waals surface area contributed by atoms with Gasteiger partial charge in [0.1, 0.15) is 12.7 Å². The molecule has 16 nitrogen and oxygen atoms in total. The van der Waals surface area contributed by atoms with Crippen LogP contribution in [-0.2, 0) is 27.4 Å². The van der Waals surface area contributed by atoms with Crippen LogP contribution in [0.15, 0.2) is 106 Å². The highest BCUT2D eigenvalue weighted by Crippen LogP contribution is 2.38. The molecular weight excluding hydrogens is 632 g/mol. The molecule has 2 fully saturated rings. The summed E-state index contributed by atoms with van der Waals surface area (Å²) in [4.78, 5) is 24.2. The second kappa shape index (κ2) is 17.2. The van der Waals surface area contributed by atoms with Crippen molar-refractivity contribution in [1.29, 1.82) is 0 Å². The Kier molecular flexibility index (Phi) is 12.3. The molecule has 49 heavy (non-hydrogen) atoms. The minimum Gasteiger partial charge on any atom is -0.445 e. The quantitative estimate of drug-likeness (QED) is 0.122. The average molecular weight is 669 g/mol. The summed E-state index contributed by atoms with van der Waals surface area (Å²) >= 11 is 0. The number of benzene rings is 3. The van der Waals surface area contributed by atoms with Gasteiger partial charge in [-0.1, -0.05) is 106 Å². The van der Waals surface area contributed by atoms with Crippen molar-refractivity contribution in [2.24, 2.45) is 15.3 Å². The van der Waals surface area contributed by atoms with Gasteiger partial charge in [0, 0.05) is 21.3 Å². The Morgan fingerprint density at radius 3 is 2.00 bits per heavy atom. The van der Waals surface area contributed by atoms with E-state index in [9.17, 15) is 26.1 Å². The Morgan fingerprint density at radius 2 is 1.37 bits per heavy atom. The van der Waals surface area contributed by atoms with E-state index in [-0.39, 0.29) is 26.0 Å². The summed E-state index contributed by atoms with van der Waals surface area (Å²) < 4.78 is 18.6. The molecule has 254 valence electrons. The van der Waals surface area contributed by atoms with E-state index in [0.29, 0.717) is 6.42 Å². The first kappa shape index (κ1) is 35.0. The highest BCUT2D eigenvalue weighted by atomic mass is 16.7. The SMILES string of the molecule is [N-]=[N+]=NC1CC[C@@H]([C@@H](c2ccccc2)N(Cc2ccccc2)C(=O)OCc2ccccc2)O[C@@H]1O[C@H]1[C@H](O)[C@@H](O)[C@H](N=[N+]=[N-])C[C@@H]1N=[N+]=[N-]. The molecule has 1 aliphatic heterocycles. The van der Waals surface area contributed by atoms with Gasteiger partial charge >= 0.3 is 6.09 Å². The van der Waals surface area contributed by atoms with E-state index in [4.69, 9.17) is 19.7 Å². The first-order valence-electron chi connectivity index (χ1n) is 15.8. The van der Waals surface area contributed by atoms with Gasteiger partial charge in [-0.3, -0.25) is 4.90 Å². The summed E-state index contributed by atoms with van der Waals surface area (Å²) in [6.45, 7) is 0.217. The lowest BCUT2D eigenvalue weighted by atomic mass is 9.84. The second-order valence-corrected chi connectivity index (χ2v) is 11.8. The molecule has 0 spiro atoms. The molecule has 16 heteroatoms. The third kappa shape index (κ3) is 8.79. The van der Waals surface area contributed by atoms with Gasteiger partial charge in [0.25, 0.3) is 0 Å². The van der Waals surface area contributed by atoms with Gasteiger partial charge in [0.15, 0.2) is 6.29 Å². The fraction of sp³-hybridized carbons (Fsp3) is 0.424. The summed E-state index contributed by atoms with van der Waals surface area (Å²) in [5, 5.41) is 32.9. The maximum absolute atomic E-state index is 14.0. The zero-order valence-corrected chi connectivity index (χ0v) is 26.4. The average Bonchev–Trinajstić information content (AvgIpc) is 3.13. The molecule has 1 saturated heterocycles. The van der Waals surface area contributed by atoms with Crippen molar-refractivity contribution < 1.29 is 29.2 Å². The molecule has 1 heterocycles. The molecule has 1 unspecified atom stereocenters. The molecule has 0 radical (unpaired) electrons. The van der Waals surface area contributed by atoms with Crippen molar-refractivity contribution in [2.75, 3.05) is 0 Å². The maximum atomic E-state index is 14.0. The van der Waals surface area contributed by atoms with Gasteiger partial charge in [-0.05, 0) is 52.5 Å². The van der Waals surface area contributed by atoms with Gasteiger partial charge in [-0.2, -0.15) is 0 Å². The van der Waals surface area contributed by atoms with Crippen molar-refractivity contribution >= 4 is 6.09 Å². The fourth-order valence-electron chi connectivity index (χ4n) is 6.30. The third-order valence-electron chi connectivity index (χ3n) is 8.67. The Bertz CT molecular complexity index is 1670. The number of hydrogen-bond donors (Lipinski definition) is 2. The summed E-state index contributed by atoms with van der Waals surface area (Å²) in [5.41, 5.74) is 30.0. The number of azide groups is 3. The lowest BCUT2D eigenvalue weighted by molar-refractivity contribution is -0.260. The summed E-state index contributed by atoms with van der Waals surface area (Å²) in [6, 6.07) is 24.4. The lowest BCUT2D eigenvalue weighted by Gasteiger charge is -2.45. The zero-order valence-electron chi connectivity index (χ0n) is 26.4. The van der Waals surface area contributed by atoms with Gasteiger partial charge in [0.2, 0.25) is 0 Å². The number of amides is 1. The maximum Gasteiger partial charge on any atom is 0.411 e. The smallest absolute Gasteiger partial charge is 0.411 e. The minimum absolute atomic E-state index is 0.0439. The molecule has 0 bridgehead atoms. The minimum atomic E-state index is -1.64. The summed E-state index contributed by atoms with van der Waals surface area (Å²) in [6.07, 6.45) is -6.55. The number of hydrogen-bond acceptors (Lipinski definition) is 9. The molecule has 3 aromatic rings. The first-order valence-corrected chi connectivity index (χ1v) is 15.8. The van der Waals surface area contributed by atoms with Crippen LogP contribution in [0.2, 0.25) is 0 Å². The van der Waals surface area contributed by atoms with Crippen LogP contribution in [0.1, 0.15) is 42.0 Å². The number of nitrogens with zero attached hydrogens (tertiary/aromatic N) is 10. The van der Waals surface area contributed by atoms with Crippen LogP contribution in [0.4, 0.5) is 4.79 Å². The second-order valence-electron chi connectivity index (χ2n) is 11.8. The van der Waals surface area contributed by atoms with Crippen LogP contribution in [-0.4, -0.2) is 70.0 Å². The van der Waals surface area contributed by atoms with E-state index < -0.39 is 61.0 Å². The molecule has 2 N–H and O–H groups in total. The van der Waals surface area contributed by atoms with Crippen LogP contribution < -0.4 is 0 Å². The Hall–Kier alpha value is -5.30. The standard InChI is InChI=1S/C33H36N10O6/c34-40-37-24-16-17-27(48-32(24)49-31-26(39-42-36)18-25(38-41-35)29(44)30(31)45)28(23-14-8-3-9-15-23)43(19-21-10-4-1-5-11-21)33(46)47-20-22-12-6-2-7-13-22/h1-15,24-32,44-45H,16-20H2/t24?,25-,26+,27+,28-,29+,30-,31-,32-/m1/s1. The summed E-state index contributed by atoms with van der Waals surface area (Å²) in [5.74, 6) is 0. The van der Waals surface area contributed by atoms with Gasteiger partial charge < -0.3 is 24.4 Å². The molecule has 1 saturated carbocycles. The number of rotatable bonds is 12. The highest BCUT2D eigenvalue weighted by Gasteiger charge is 2.47. The van der Waals surface area contributed by atoms with Crippen LogP contribution in [0.25, 0.3) is 31.3 Å². The molecule has 1 aliphatic carbocycles. The third-order valence-corrected chi connectivity index (χ3v) is 8.67. The van der Waals surface area contributed by atoms with Gasteiger partial charge in [0.05, 0.1) is 42.5 Å². The largest absolute Gasteiger partial charge is 0.445 e. The fourth-order valence-corrected chi connectivity index (χ4v) is 6.30. The van der Waals surface area contributed by atoms with E-state index in [2.05, 4.69) is 30.1 Å². The first-order chi connectivity index (χ1) is 23.9. The van der Waals surface area contributed by atoms with Gasteiger partial charge in [-0.25, -0.2) is 4.79 Å². The monoisotopic (exact) mass is 668 g/mol. The van der Waals surface area contributed by atoms with Gasteiger partial charge in [-0.15, -0.1) is 0 Å². The predicted octanol–water partition coefficient (Wildman–Crippen LogP) is 6.62. The number of ether oxygens (including phenoxy) is 3. The lowest BCUT2D eigenvalue weighted by Crippen LogP contribution is -2.58. The Morgan fingerprint density at radius 1 is 0.796 bits per heavy atom. The molecule has 5 rings (SSSR count). The topological polar surface area (TPSA) is 235 Å². The summed E-state index contributed by atoms with van der Waals surface area (Å²) in [7, 11) is 0. The number of carbonyl (C=O) groups excluding carboxylic acids is 1. The van der Waals surface area contributed by atoms with Crippen molar-refractivity contribution in [1.82, 2.24) is 4.90 Å². The van der Waals surface area contributed by atoms with Crippen LogP contribution in [0.3, 0.4) is 0 Å². The molecule has 0 aromatic heterocycles. The van der Waals surface area contributed by atoms with Crippen molar-refractivity contribution in [3.63, 3.8) is 0 Å². The van der Waals surface area contributed by atoms with Crippen molar-refractivity contribution in [2.45, 2.75) is 87.3 Å². The molecular formula is C33H36N10O6. The van der Waals surface area contributed by atoms with E-state index >= 15 is 0 Å². The van der Waals surface area contributed by atoms with E-state index in [1.165, 1.54) is 0 Å². The van der Waals surface area contributed by atoms with Crippen LogP contribution in [0, 0.1) is 0 Å². The molecule has 1 amide bonds. The van der Waals surface area contributed by atoms with Crippen molar-refractivity contribution in [3.05, 3.63) is 139 Å². The molecule has 9 atom stereocenters. The highest BCUT2D eigenvalue weighted by molar-refractivity contribution is 5.68. The zero-order chi connectivity index (χ0) is 34.6. The van der Waals surface area contributed by atoms with Crippen LogP contribution >= 0.6 is 0 Å². The van der Waals surface area contributed by atoms with E-state index in [0.717, 1.165) is 16.7 Å². The molecule has 3 aromatic carbocycles. The normalized spacial score (nSPS) is 26.9. The number of carbonyl (C=O) groups is 1. The number of aliphatic hydroxyl groups is 2. The van der Waals surface area contributed by atoms with Crippen molar-refractivity contribution in [3.8, 4) is 0 Å². The number of aliphatic hydroxyl groups excluding tert-OH is 2. The van der Waals surface area contributed by atoms with E-state index in [1.807, 2.05) is 91.0 Å². The Balaban J connectivity index is 1.48. The predicted molar refractivity (Wildman–Crippen MR) is 176 cm³/mol. The van der Waals surface area contributed by atoms with E-state index in [1.54, 1.807) is 4.90 Å². The van der Waals surface area contributed by atoms with Crippen LogP contribution in [0.5, 0.6) is 0 Å². The Labute approximate surface area is 281 Å². The molecule has 2 aliphatic rings.